The van der Waals surface area contributed by atoms with Gasteiger partial charge in [0.05, 0.1) is 0 Å². The molecular formula is C16H23NO. The fraction of sp³-hybridized carbons (Fsp3) is 0.625. The zero-order valence-electron chi connectivity index (χ0n) is 11.0. The van der Waals surface area contributed by atoms with Gasteiger partial charge in [-0.05, 0) is 37.2 Å². The van der Waals surface area contributed by atoms with Gasteiger partial charge < -0.3 is 10.1 Å². The maximum absolute atomic E-state index is 5.45. The van der Waals surface area contributed by atoms with E-state index in [1.807, 2.05) is 0 Å². The first-order valence-electron chi connectivity index (χ1n) is 7.32. The number of benzene rings is 1. The van der Waals surface area contributed by atoms with E-state index >= 15 is 0 Å². The quantitative estimate of drug-likeness (QED) is 0.879. The molecule has 3 rings (SSSR count). The van der Waals surface area contributed by atoms with Crippen molar-refractivity contribution in [1.82, 2.24) is 5.32 Å². The fourth-order valence-corrected chi connectivity index (χ4v) is 3.06. The molecular weight excluding hydrogens is 222 g/mol. The molecule has 1 aliphatic carbocycles. The normalized spacial score (nSPS) is 23.6. The molecule has 1 atom stereocenters. The molecule has 2 heteroatoms. The average Bonchev–Trinajstić information content (AvgIpc) is 2.38. The highest BCUT2D eigenvalue weighted by atomic mass is 16.5. The van der Waals surface area contributed by atoms with E-state index in [0.29, 0.717) is 12.1 Å². The van der Waals surface area contributed by atoms with E-state index in [9.17, 15) is 0 Å². The van der Waals surface area contributed by atoms with Crippen LogP contribution in [0.1, 0.15) is 43.7 Å². The molecule has 1 saturated heterocycles. The van der Waals surface area contributed by atoms with Gasteiger partial charge >= 0.3 is 0 Å². The van der Waals surface area contributed by atoms with Crippen molar-refractivity contribution in [1.29, 1.82) is 0 Å². The minimum absolute atomic E-state index is 0.558. The van der Waals surface area contributed by atoms with Crippen LogP contribution < -0.4 is 5.32 Å². The van der Waals surface area contributed by atoms with Crippen LogP contribution in [0, 0.1) is 5.92 Å². The molecule has 1 aromatic carbocycles. The zero-order chi connectivity index (χ0) is 12.2. The van der Waals surface area contributed by atoms with Crippen LogP contribution in [-0.4, -0.2) is 19.3 Å². The van der Waals surface area contributed by atoms with Crippen molar-refractivity contribution in [3.8, 4) is 0 Å². The standard InChI is InChI=1S/C16H23NO/c1-2-5-13(6-3-1)16(14-7-4-8-14)17-15-9-11-18-12-10-15/h1-3,5-6,14-17H,4,7-12H2. The highest BCUT2D eigenvalue weighted by Crippen LogP contribution is 2.38. The van der Waals surface area contributed by atoms with Gasteiger partial charge in [0.15, 0.2) is 0 Å². The summed E-state index contributed by atoms with van der Waals surface area (Å²) in [6.07, 6.45) is 6.50. The lowest BCUT2D eigenvalue weighted by atomic mass is 9.76. The minimum atomic E-state index is 0.558. The highest BCUT2D eigenvalue weighted by molar-refractivity contribution is 5.20. The topological polar surface area (TPSA) is 21.3 Å². The molecule has 2 nitrogen and oxygen atoms in total. The summed E-state index contributed by atoms with van der Waals surface area (Å²) in [6, 6.07) is 12.2. The lowest BCUT2D eigenvalue weighted by Gasteiger charge is -2.38. The smallest absolute Gasteiger partial charge is 0.0480 e. The molecule has 0 amide bonds. The van der Waals surface area contributed by atoms with E-state index in [2.05, 4.69) is 35.6 Å². The van der Waals surface area contributed by atoms with Gasteiger partial charge in [-0.2, -0.15) is 0 Å². The Morgan fingerprint density at radius 1 is 1.00 bits per heavy atom. The van der Waals surface area contributed by atoms with Gasteiger partial charge in [-0.15, -0.1) is 0 Å². The molecule has 0 aromatic heterocycles. The fourth-order valence-electron chi connectivity index (χ4n) is 3.06. The van der Waals surface area contributed by atoms with Crippen molar-refractivity contribution in [3.63, 3.8) is 0 Å². The number of hydrogen-bond donors (Lipinski definition) is 1. The molecule has 1 saturated carbocycles. The number of ether oxygens (including phenoxy) is 1. The summed E-state index contributed by atoms with van der Waals surface area (Å²) in [7, 11) is 0. The predicted molar refractivity (Wildman–Crippen MR) is 73.5 cm³/mol. The van der Waals surface area contributed by atoms with Crippen molar-refractivity contribution < 1.29 is 4.74 Å². The van der Waals surface area contributed by atoms with Crippen LogP contribution in [0.25, 0.3) is 0 Å². The largest absolute Gasteiger partial charge is 0.381 e. The van der Waals surface area contributed by atoms with Crippen molar-refractivity contribution in [2.75, 3.05) is 13.2 Å². The van der Waals surface area contributed by atoms with Crippen LogP contribution in [0.2, 0.25) is 0 Å². The summed E-state index contributed by atoms with van der Waals surface area (Å²) in [5, 5.41) is 3.89. The third-order valence-electron chi connectivity index (χ3n) is 4.42. The van der Waals surface area contributed by atoms with Gasteiger partial charge in [0.25, 0.3) is 0 Å². The van der Waals surface area contributed by atoms with Crippen LogP contribution in [0.3, 0.4) is 0 Å². The summed E-state index contributed by atoms with van der Waals surface area (Å²) in [4.78, 5) is 0. The van der Waals surface area contributed by atoms with Gasteiger partial charge in [0.1, 0.15) is 0 Å². The SMILES string of the molecule is c1ccc(C(NC2CCOCC2)C2CCC2)cc1. The van der Waals surface area contributed by atoms with Gasteiger partial charge in [0, 0.05) is 25.3 Å². The molecule has 98 valence electrons. The Balaban J connectivity index is 1.69. The lowest BCUT2D eigenvalue weighted by Crippen LogP contribution is -2.41. The van der Waals surface area contributed by atoms with Crippen LogP contribution in [0.4, 0.5) is 0 Å². The molecule has 0 radical (unpaired) electrons. The lowest BCUT2D eigenvalue weighted by molar-refractivity contribution is 0.0686. The first-order chi connectivity index (χ1) is 8.93. The van der Waals surface area contributed by atoms with Crippen molar-refractivity contribution in [2.45, 2.75) is 44.2 Å². The van der Waals surface area contributed by atoms with Gasteiger partial charge in [-0.3, -0.25) is 0 Å². The molecule has 1 aliphatic heterocycles. The molecule has 1 heterocycles. The maximum atomic E-state index is 5.45. The third-order valence-corrected chi connectivity index (χ3v) is 4.42. The maximum Gasteiger partial charge on any atom is 0.0480 e. The Hall–Kier alpha value is -0.860. The second-order valence-corrected chi connectivity index (χ2v) is 5.63. The first kappa shape index (κ1) is 12.2. The number of hydrogen-bond acceptors (Lipinski definition) is 2. The Bertz CT molecular complexity index is 355. The molecule has 18 heavy (non-hydrogen) atoms. The van der Waals surface area contributed by atoms with E-state index in [4.69, 9.17) is 4.74 Å². The molecule has 2 aliphatic rings. The second-order valence-electron chi connectivity index (χ2n) is 5.63. The molecule has 0 spiro atoms. The van der Waals surface area contributed by atoms with Crippen LogP contribution >= 0.6 is 0 Å². The second kappa shape index (κ2) is 5.85. The van der Waals surface area contributed by atoms with Crippen LogP contribution in [0.5, 0.6) is 0 Å². The summed E-state index contributed by atoms with van der Waals surface area (Å²) in [6.45, 7) is 1.84. The molecule has 1 unspecified atom stereocenters. The molecule has 1 N–H and O–H groups in total. The predicted octanol–water partition coefficient (Wildman–Crippen LogP) is 3.30. The van der Waals surface area contributed by atoms with Crippen molar-refractivity contribution >= 4 is 0 Å². The summed E-state index contributed by atoms with van der Waals surface area (Å²) < 4.78 is 5.45. The monoisotopic (exact) mass is 245 g/mol. The summed E-state index contributed by atoms with van der Waals surface area (Å²) >= 11 is 0. The molecule has 2 fully saturated rings. The Kier molecular flexibility index (Phi) is 3.96. The minimum Gasteiger partial charge on any atom is -0.381 e. The van der Waals surface area contributed by atoms with Gasteiger partial charge in [-0.25, -0.2) is 0 Å². The van der Waals surface area contributed by atoms with Crippen LogP contribution in [0.15, 0.2) is 30.3 Å². The highest BCUT2D eigenvalue weighted by Gasteiger charge is 2.30. The van der Waals surface area contributed by atoms with E-state index in [-0.39, 0.29) is 0 Å². The Morgan fingerprint density at radius 3 is 2.33 bits per heavy atom. The van der Waals surface area contributed by atoms with E-state index in [1.165, 1.54) is 24.8 Å². The third kappa shape index (κ3) is 2.76. The van der Waals surface area contributed by atoms with Gasteiger partial charge in [-0.1, -0.05) is 36.8 Å². The zero-order valence-corrected chi connectivity index (χ0v) is 11.0. The summed E-state index contributed by atoms with van der Waals surface area (Å²) in [5.74, 6) is 0.843. The Labute approximate surface area is 110 Å². The first-order valence-corrected chi connectivity index (χ1v) is 7.32. The molecule has 0 bridgehead atoms. The van der Waals surface area contributed by atoms with Gasteiger partial charge in [0.2, 0.25) is 0 Å². The number of nitrogens with one attached hydrogen (secondary N) is 1. The average molecular weight is 245 g/mol. The van der Waals surface area contributed by atoms with E-state index in [0.717, 1.165) is 32.0 Å². The molecule has 1 aromatic rings. The Morgan fingerprint density at radius 2 is 1.72 bits per heavy atom. The van der Waals surface area contributed by atoms with E-state index < -0.39 is 0 Å². The van der Waals surface area contributed by atoms with E-state index in [1.54, 1.807) is 0 Å². The summed E-state index contributed by atoms with van der Waals surface area (Å²) in [5.41, 5.74) is 1.47. The number of rotatable bonds is 4. The van der Waals surface area contributed by atoms with Crippen LogP contribution in [-0.2, 0) is 4.74 Å². The van der Waals surface area contributed by atoms with Crippen molar-refractivity contribution in [2.24, 2.45) is 5.92 Å². The van der Waals surface area contributed by atoms with Crippen molar-refractivity contribution in [3.05, 3.63) is 35.9 Å².